The van der Waals surface area contributed by atoms with Crippen LogP contribution in [0.3, 0.4) is 0 Å². The van der Waals surface area contributed by atoms with E-state index in [-0.39, 0.29) is 12.3 Å². The summed E-state index contributed by atoms with van der Waals surface area (Å²) in [6.45, 7) is 3.23. The summed E-state index contributed by atoms with van der Waals surface area (Å²) < 4.78 is 10.4. The first-order chi connectivity index (χ1) is 17.3. The lowest BCUT2D eigenvalue weighted by Gasteiger charge is -2.38. The van der Waals surface area contributed by atoms with Crippen LogP contribution in [0, 0.1) is 0 Å². The molecule has 1 aliphatic rings. The predicted molar refractivity (Wildman–Crippen MR) is 134 cm³/mol. The van der Waals surface area contributed by atoms with Crippen molar-refractivity contribution in [2.45, 2.75) is 51.1 Å². The molecule has 1 aliphatic heterocycles. The molecule has 0 radical (unpaired) electrons. The fraction of sp³-hybridized carbons (Fsp3) is 0.423. The largest absolute Gasteiger partial charge is 0.480 e. The van der Waals surface area contributed by atoms with Gasteiger partial charge in [0.1, 0.15) is 12.0 Å². The molecule has 0 saturated carbocycles. The summed E-state index contributed by atoms with van der Waals surface area (Å²) in [5, 5.41) is 11.3. The van der Waals surface area contributed by atoms with E-state index in [0.717, 1.165) is 18.4 Å². The molecule has 1 saturated heterocycles. The van der Waals surface area contributed by atoms with Crippen LogP contribution in [0.2, 0.25) is 0 Å². The second kappa shape index (κ2) is 14.4. The smallest absolute Gasteiger partial charge is 0.411 e. The maximum absolute atomic E-state index is 12.8. The number of carbonyl (C=O) groups is 4. The van der Waals surface area contributed by atoms with Gasteiger partial charge >= 0.3 is 18.0 Å². The number of amides is 2. The summed E-state index contributed by atoms with van der Waals surface area (Å²) in [7, 11) is 1.33. The summed E-state index contributed by atoms with van der Waals surface area (Å²) in [5.41, 5.74) is 1.04. The third-order valence-electron chi connectivity index (χ3n) is 5.80. The molecule has 1 aromatic carbocycles. The number of aliphatic imine (C=N–C) groups is 1. The van der Waals surface area contributed by atoms with Crippen LogP contribution in [-0.4, -0.2) is 72.6 Å². The molecule has 10 nitrogen and oxygen atoms in total. The first-order valence-electron chi connectivity index (χ1n) is 11.7. The highest BCUT2D eigenvalue weighted by Gasteiger charge is 2.39. The summed E-state index contributed by atoms with van der Waals surface area (Å²) in [4.78, 5) is 54.0. The molecule has 1 aromatic rings. The highest BCUT2D eigenvalue weighted by molar-refractivity contribution is 5.98. The molecule has 2 N–H and O–H groups in total. The summed E-state index contributed by atoms with van der Waals surface area (Å²) in [6, 6.07) is 7.82. The van der Waals surface area contributed by atoms with Crippen molar-refractivity contribution in [1.29, 1.82) is 0 Å². The number of likely N-dealkylation sites (tertiary alicyclic amines) is 1. The van der Waals surface area contributed by atoms with Crippen molar-refractivity contribution in [3.8, 4) is 0 Å². The maximum atomic E-state index is 12.8. The van der Waals surface area contributed by atoms with Crippen molar-refractivity contribution in [2.24, 2.45) is 4.99 Å². The van der Waals surface area contributed by atoms with E-state index in [1.807, 2.05) is 30.3 Å². The van der Waals surface area contributed by atoms with Crippen LogP contribution in [0.1, 0.15) is 44.6 Å². The van der Waals surface area contributed by atoms with Crippen LogP contribution < -0.4 is 5.32 Å². The van der Waals surface area contributed by atoms with Gasteiger partial charge in [0.05, 0.1) is 13.2 Å². The first kappa shape index (κ1) is 28.3. The monoisotopic (exact) mass is 499 g/mol. The molecule has 3 atom stereocenters. The number of carbonyl (C=O) groups excluding carboxylic acids is 3. The fourth-order valence-corrected chi connectivity index (χ4v) is 3.90. The molecule has 0 aliphatic carbocycles. The second-order valence-electron chi connectivity index (χ2n) is 8.18. The number of carboxylic acids is 1. The minimum Gasteiger partial charge on any atom is -0.480 e. The van der Waals surface area contributed by atoms with Gasteiger partial charge in [0.2, 0.25) is 0 Å². The van der Waals surface area contributed by atoms with E-state index in [4.69, 9.17) is 14.6 Å². The lowest BCUT2D eigenvalue weighted by molar-refractivity contribution is -0.144. The minimum atomic E-state index is -1.14. The molecule has 10 heteroatoms. The van der Waals surface area contributed by atoms with Gasteiger partial charge in [-0.15, -0.1) is 0 Å². The Morgan fingerprint density at radius 3 is 2.58 bits per heavy atom. The normalized spacial score (nSPS) is 18.0. The van der Waals surface area contributed by atoms with Crippen molar-refractivity contribution >= 4 is 30.2 Å². The molecule has 0 spiro atoms. The topological polar surface area (TPSA) is 135 Å². The minimum absolute atomic E-state index is 0.242. The first-order valence-corrected chi connectivity index (χ1v) is 11.7. The molecule has 3 unspecified atom stereocenters. The highest BCUT2D eigenvalue weighted by Crippen LogP contribution is 2.32. The Hall–Kier alpha value is -3.95. The van der Waals surface area contributed by atoms with Crippen molar-refractivity contribution in [2.75, 3.05) is 20.4 Å². The summed E-state index contributed by atoms with van der Waals surface area (Å²) in [6.07, 6.45) is 7.62. The molecule has 0 aromatic heterocycles. The lowest BCUT2D eigenvalue weighted by atomic mass is 9.85. The Morgan fingerprint density at radius 1 is 1.22 bits per heavy atom. The predicted octanol–water partition coefficient (Wildman–Crippen LogP) is 3.05. The van der Waals surface area contributed by atoms with E-state index in [0.29, 0.717) is 13.0 Å². The Bertz CT molecular complexity index is 1000. The molecule has 2 amide bonds. The van der Waals surface area contributed by atoms with Gasteiger partial charge in [-0.25, -0.2) is 4.79 Å². The molecule has 1 heterocycles. The van der Waals surface area contributed by atoms with Gasteiger partial charge in [0.15, 0.2) is 6.73 Å². The summed E-state index contributed by atoms with van der Waals surface area (Å²) >= 11 is 0. The van der Waals surface area contributed by atoms with E-state index >= 15 is 0 Å². The molecule has 36 heavy (non-hydrogen) atoms. The third-order valence-corrected chi connectivity index (χ3v) is 5.80. The average molecular weight is 500 g/mol. The SMILES string of the molecule is C/C=C(\C=C/C=NCOC(=O)N1CCCCC1C(C(=O)OC)c1ccccc1)C(=O)NC(C)C(=O)O. The number of aliphatic carboxylic acids is 1. The molecule has 1 fully saturated rings. The van der Waals surface area contributed by atoms with Crippen LogP contribution in [-0.2, 0) is 23.9 Å². The number of rotatable bonds is 10. The average Bonchev–Trinajstić information content (AvgIpc) is 2.88. The van der Waals surface area contributed by atoms with Gasteiger partial charge in [-0.3, -0.25) is 19.4 Å². The van der Waals surface area contributed by atoms with Crippen LogP contribution >= 0.6 is 0 Å². The Kier molecular flexibility index (Phi) is 11.4. The number of piperidine rings is 1. The number of allylic oxidation sites excluding steroid dienone is 2. The molecular weight excluding hydrogens is 466 g/mol. The zero-order chi connectivity index (χ0) is 26.5. The van der Waals surface area contributed by atoms with Gasteiger partial charge in [-0.1, -0.05) is 36.4 Å². The van der Waals surface area contributed by atoms with Crippen molar-refractivity contribution in [3.63, 3.8) is 0 Å². The number of methoxy groups -OCH3 is 1. The Balaban J connectivity index is 1.98. The van der Waals surface area contributed by atoms with Crippen LogP contribution in [0.4, 0.5) is 4.79 Å². The van der Waals surface area contributed by atoms with Crippen LogP contribution in [0.5, 0.6) is 0 Å². The van der Waals surface area contributed by atoms with E-state index in [1.165, 1.54) is 38.5 Å². The zero-order valence-corrected chi connectivity index (χ0v) is 20.8. The van der Waals surface area contributed by atoms with E-state index in [2.05, 4.69) is 10.3 Å². The van der Waals surface area contributed by atoms with Gasteiger partial charge in [0.25, 0.3) is 5.91 Å². The standard InChI is InChI=1S/C26H33N3O7/c1-4-19(23(30)28-18(2)24(31)32)13-10-15-27-17-36-26(34)29-16-9-8-14-21(29)22(25(33)35-3)20-11-6-5-7-12-20/h4-7,10-13,15,18,21-22H,8-9,14,16-17H2,1-3H3,(H,28,30)(H,31,32)/b13-10-,19-4+,27-15?. The quantitative estimate of drug-likeness (QED) is 0.219. The number of benzene rings is 1. The van der Waals surface area contributed by atoms with Crippen LogP contribution in [0.15, 0.2) is 59.1 Å². The number of hydrogen-bond donors (Lipinski definition) is 2. The number of esters is 1. The van der Waals surface area contributed by atoms with E-state index < -0.39 is 41.9 Å². The van der Waals surface area contributed by atoms with E-state index in [9.17, 15) is 19.2 Å². The number of ether oxygens (including phenoxy) is 2. The maximum Gasteiger partial charge on any atom is 0.411 e. The van der Waals surface area contributed by atoms with Gasteiger partial charge in [-0.05, 0) is 50.8 Å². The zero-order valence-electron chi connectivity index (χ0n) is 20.8. The molecule has 0 bridgehead atoms. The molecule has 194 valence electrons. The number of carboxylic acid groups (broad SMARTS) is 1. The fourth-order valence-electron chi connectivity index (χ4n) is 3.90. The molecular formula is C26H33N3O7. The summed E-state index contributed by atoms with van der Waals surface area (Å²) in [5.74, 6) is -2.69. The number of nitrogens with one attached hydrogen (secondary N) is 1. The Morgan fingerprint density at radius 2 is 1.94 bits per heavy atom. The van der Waals surface area contributed by atoms with E-state index in [1.54, 1.807) is 11.8 Å². The van der Waals surface area contributed by atoms with Crippen molar-refractivity contribution in [3.05, 3.63) is 59.7 Å². The lowest BCUT2D eigenvalue weighted by Crippen LogP contribution is -2.49. The molecule has 2 rings (SSSR count). The third kappa shape index (κ3) is 8.07. The van der Waals surface area contributed by atoms with Gasteiger partial charge in [-0.2, -0.15) is 0 Å². The highest BCUT2D eigenvalue weighted by atomic mass is 16.6. The van der Waals surface area contributed by atoms with Gasteiger partial charge in [0, 0.05) is 18.3 Å². The van der Waals surface area contributed by atoms with Crippen LogP contribution in [0.25, 0.3) is 0 Å². The number of nitrogens with zero attached hydrogens (tertiary/aromatic N) is 2. The second-order valence-corrected chi connectivity index (χ2v) is 8.18. The van der Waals surface area contributed by atoms with Crippen molar-refractivity contribution in [1.82, 2.24) is 10.2 Å². The van der Waals surface area contributed by atoms with Gasteiger partial charge < -0.3 is 24.8 Å². The van der Waals surface area contributed by atoms with Crippen molar-refractivity contribution < 1.29 is 33.8 Å². The Labute approximate surface area is 210 Å². The number of hydrogen-bond acceptors (Lipinski definition) is 7.